The van der Waals surface area contributed by atoms with E-state index in [2.05, 4.69) is 15.6 Å². The smallest absolute Gasteiger partial charge is 0.252 e. The van der Waals surface area contributed by atoms with Gasteiger partial charge in [-0.15, -0.1) is 0 Å². The number of hydrogen-bond donors (Lipinski definition) is 2. The molecule has 0 saturated carbocycles. The number of anilines is 1. The monoisotopic (exact) mass is 312 g/mol. The molecule has 6 heteroatoms. The molecule has 118 valence electrons. The topological polar surface area (TPSA) is 77.8 Å². The lowest BCUT2D eigenvalue weighted by molar-refractivity contribution is 0.0953. The van der Waals surface area contributed by atoms with Crippen LogP contribution in [0.15, 0.2) is 36.5 Å². The number of hydrogen-bond acceptors (Lipinski definition) is 4. The van der Waals surface area contributed by atoms with Gasteiger partial charge in [-0.05, 0) is 30.7 Å². The zero-order valence-corrected chi connectivity index (χ0v) is 12.8. The maximum Gasteiger partial charge on any atom is 0.252 e. The maximum atomic E-state index is 13.8. The Morgan fingerprint density at radius 3 is 2.78 bits per heavy atom. The molecule has 0 unspecified atom stereocenters. The number of nitriles is 1. The summed E-state index contributed by atoms with van der Waals surface area (Å²) in [5.74, 6) is -0.0584. The summed E-state index contributed by atoms with van der Waals surface area (Å²) < 4.78 is 13.8. The molecule has 0 saturated heterocycles. The summed E-state index contributed by atoms with van der Waals surface area (Å²) in [6, 6.07) is 9.55. The van der Waals surface area contributed by atoms with E-state index in [9.17, 15) is 9.18 Å². The average molecular weight is 312 g/mol. The quantitative estimate of drug-likeness (QED) is 0.860. The molecule has 0 aliphatic carbocycles. The first-order valence-electron chi connectivity index (χ1n) is 7.30. The van der Waals surface area contributed by atoms with Crippen molar-refractivity contribution in [3.63, 3.8) is 0 Å². The Hall–Kier alpha value is -2.94. The average Bonchev–Trinajstić information content (AvgIpc) is 2.59. The normalized spacial score (nSPS) is 9.96. The summed E-state index contributed by atoms with van der Waals surface area (Å²) in [6.07, 6.45) is 2.34. The predicted molar refractivity (Wildman–Crippen MR) is 85.3 cm³/mol. The minimum Gasteiger partial charge on any atom is -0.366 e. The first-order valence-corrected chi connectivity index (χ1v) is 7.30. The number of aromatic nitrogens is 1. The maximum absolute atomic E-state index is 13.8. The van der Waals surface area contributed by atoms with Crippen molar-refractivity contribution in [2.75, 3.05) is 11.9 Å². The Morgan fingerprint density at radius 2 is 2.17 bits per heavy atom. The largest absolute Gasteiger partial charge is 0.366 e. The van der Waals surface area contributed by atoms with Crippen molar-refractivity contribution in [3.8, 4) is 6.07 Å². The number of nitrogens with one attached hydrogen (secondary N) is 2. The molecule has 2 rings (SSSR count). The molecular formula is C17H17FN4O. The van der Waals surface area contributed by atoms with Gasteiger partial charge in [0, 0.05) is 24.8 Å². The van der Waals surface area contributed by atoms with Gasteiger partial charge in [0.1, 0.15) is 11.6 Å². The molecule has 2 N–H and O–H groups in total. The second-order valence-corrected chi connectivity index (χ2v) is 4.96. The zero-order valence-electron chi connectivity index (χ0n) is 12.8. The number of amides is 1. The zero-order chi connectivity index (χ0) is 16.7. The summed E-state index contributed by atoms with van der Waals surface area (Å²) >= 11 is 0. The molecule has 2 aromatic rings. The van der Waals surface area contributed by atoms with Crippen molar-refractivity contribution >= 4 is 11.7 Å². The van der Waals surface area contributed by atoms with Crippen LogP contribution in [-0.2, 0) is 6.54 Å². The highest BCUT2D eigenvalue weighted by Crippen LogP contribution is 2.12. The van der Waals surface area contributed by atoms with Crippen molar-refractivity contribution < 1.29 is 9.18 Å². The van der Waals surface area contributed by atoms with Gasteiger partial charge in [-0.2, -0.15) is 5.26 Å². The van der Waals surface area contributed by atoms with E-state index in [-0.39, 0.29) is 18.0 Å². The van der Waals surface area contributed by atoms with Crippen LogP contribution in [0.5, 0.6) is 0 Å². The van der Waals surface area contributed by atoms with E-state index in [1.165, 1.54) is 12.3 Å². The first kappa shape index (κ1) is 16.4. The molecule has 23 heavy (non-hydrogen) atoms. The van der Waals surface area contributed by atoms with Crippen LogP contribution in [0.4, 0.5) is 10.2 Å². The number of benzene rings is 1. The number of carbonyl (C=O) groups is 1. The van der Waals surface area contributed by atoms with Crippen LogP contribution >= 0.6 is 0 Å². The van der Waals surface area contributed by atoms with Gasteiger partial charge in [0.2, 0.25) is 0 Å². The van der Waals surface area contributed by atoms with Crippen molar-refractivity contribution in [1.29, 1.82) is 5.26 Å². The highest BCUT2D eigenvalue weighted by molar-refractivity contribution is 5.94. The lowest BCUT2D eigenvalue weighted by atomic mass is 10.1. The van der Waals surface area contributed by atoms with Gasteiger partial charge in [-0.25, -0.2) is 9.37 Å². The van der Waals surface area contributed by atoms with E-state index < -0.39 is 5.82 Å². The third-order valence-corrected chi connectivity index (χ3v) is 3.20. The van der Waals surface area contributed by atoms with Crippen LogP contribution in [0.3, 0.4) is 0 Å². The van der Waals surface area contributed by atoms with E-state index in [1.54, 1.807) is 24.3 Å². The lowest BCUT2D eigenvalue weighted by Gasteiger charge is -2.08. The molecule has 1 amide bonds. The molecule has 0 radical (unpaired) electrons. The van der Waals surface area contributed by atoms with Crippen LogP contribution < -0.4 is 10.6 Å². The molecule has 1 aromatic heterocycles. The van der Waals surface area contributed by atoms with E-state index in [4.69, 9.17) is 5.26 Å². The molecule has 1 aromatic carbocycles. The van der Waals surface area contributed by atoms with Crippen LogP contribution in [0.25, 0.3) is 0 Å². The van der Waals surface area contributed by atoms with Gasteiger partial charge in [0.25, 0.3) is 5.91 Å². The molecule has 0 spiro atoms. The van der Waals surface area contributed by atoms with Gasteiger partial charge in [0.05, 0.1) is 17.2 Å². The first-order chi connectivity index (χ1) is 11.1. The standard InChI is InChI=1S/C17H17FN4O/c1-2-7-20-17(23)14-5-6-16(22-11-14)21-10-13-4-3-12(9-19)8-15(13)18/h3-6,8,11H,2,7,10H2,1H3,(H,20,23)(H,21,22). The highest BCUT2D eigenvalue weighted by atomic mass is 19.1. The summed E-state index contributed by atoms with van der Waals surface area (Å²) in [6.45, 7) is 2.84. The van der Waals surface area contributed by atoms with Crippen LogP contribution in [-0.4, -0.2) is 17.4 Å². The Morgan fingerprint density at radius 1 is 1.35 bits per heavy atom. The molecular weight excluding hydrogens is 295 g/mol. The number of pyridine rings is 1. The lowest BCUT2D eigenvalue weighted by Crippen LogP contribution is -2.24. The van der Waals surface area contributed by atoms with Gasteiger partial charge in [-0.3, -0.25) is 4.79 Å². The number of rotatable bonds is 6. The third-order valence-electron chi connectivity index (χ3n) is 3.20. The van der Waals surface area contributed by atoms with Crippen LogP contribution in [0, 0.1) is 17.1 Å². The summed E-state index contributed by atoms with van der Waals surface area (Å²) in [5, 5.41) is 14.5. The Balaban J connectivity index is 1.96. The number of nitrogens with zero attached hydrogens (tertiary/aromatic N) is 2. The van der Waals surface area contributed by atoms with E-state index >= 15 is 0 Å². The van der Waals surface area contributed by atoms with Gasteiger partial charge in [-0.1, -0.05) is 13.0 Å². The minimum absolute atomic E-state index is 0.163. The predicted octanol–water partition coefficient (Wildman–Crippen LogP) is 2.84. The summed E-state index contributed by atoms with van der Waals surface area (Å²) in [7, 11) is 0. The van der Waals surface area contributed by atoms with Crippen LogP contribution in [0.2, 0.25) is 0 Å². The molecule has 5 nitrogen and oxygen atoms in total. The van der Waals surface area contributed by atoms with E-state index in [0.717, 1.165) is 6.42 Å². The van der Waals surface area contributed by atoms with E-state index in [1.807, 2.05) is 13.0 Å². The SMILES string of the molecule is CCCNC(=O)c1ccc(NCc2ccc(C#N)cc2F)nc1. The van der Waals surface area contributed by atoms with Gasteiger partial charge in [0.15, 0.2) is 0 Å². The van der Waals surface area contributed by atoms with E-state index in [0.29, 0.717) is 23.5 Å². The second-order valence-electron chi connectivity index (χ2n) is 4.96. The van der Waals surface area contributed by atoms with Gasteiger partial charge < -0.3 is 10.6 Å². The third kappa shape index (κ3) is 4.51. The Kier molecular flexibility index (Phi) is 5.64. The second kappa shape index (κ2) is 7.90. The Labute approximate surface area is 134 Å². The van der Waals surface area contributed by atoms with Crippen molar-refractivity contribution in [3.05, 3.63) is 59.0 Å². The molecule has 0 atom stereocenters. The fourth-order valence-electron chi connectivity index (χ4n) is 1.92. The van der Waals surface area contributed by atoms with Crippen molar-refractivity contribution in [2.24, 2.45) is 0 Å². The fourth-order valence-corrected chi connectivity index (χ4v) is 1.92. The van der Waals surface area contributed by atoms with Crippen LogP contribution in [0.1, 0.15) is 34.8 Å². The highest BCUT2D eigenvalue weighted by Gasteiger charge is 2.06. The molecule has 0 aliphatic heterocycles. The Bertz CT molecular complexity index is 722. The number of halogens is 1. The molecule has 1 heterocycles. The summed E-state index contributed by atoms with van der Waals surface area (Å²) in [4.78, 5) is 15.9. The minimum atomic E-state index is -0.438. The van der Waals surface area contributed by atoms with Crippen molar-refractivity contribution in [1.82, 2.24) is 10.3 Å². The molecule has 0 fully saturated rings. The number of carbonyl (C=O) groups excluding carboxylic acids is 1. The fraction of sp³-hybridized carbons (Fsp3) is 0.235. The van der Waals surface area contributed by atoms with Crippen molar-refractivity contribution in [2.45, 2.75) is 19.9 Å². The van der Waals surface area contributed by atoms with Gasteiger partial charge >= 0.3 is 0 Å². The molecule has 0 aliphatic rings. The molecule has 0 bridgehead atoms. The summed E-state index contributed by atoms with van der Waals surface area (Å²) in [5.41, 5.74) is 1.20.